The van der Waals surface area contributed by atoms with Gasteiger partial charge < -0.3 is 0 Å². The Kier molecular flexibility index (Phi) is 14.5. The molecule has 0 saturated heterocycles. The number of hydrogen-bond donors (Lipinski definition) is 0. The standard InChI is InChI=1S/C17H29/c1-3-5-7-9-11-13-15-17-16-14-12-10-8-6-4-2/h10,12-16H,1,3-9,11,17H2,2H3/b12-10+,15-13+,16-14+. The first-order valence-electron chi connectivity index (χ1n) is 7.17. The zero-order valence-corrected chi connectivity index (χ0v) is 11.5. The molecule has 0 saturated carbocycles. The van der Waals surface area contributed by atoms with E-state index in [1.807, 2.05) is 0 Å². The first kappa shape index (κ1) is 16.2. The van der Waals surface area contributed by atoms with Crippen molar-refractivity contribution in [1.29, 1.82) is 0 Å². The van der Waals surface area contributed by atoms with E-state index in [1.54, 1.807) is 0 Å². The molecule has 0 aromatic rings. The first-order valence-corrected chi connectivity index (χ1v) is 7.17. The zero-order valence-electron chi connectivity index (χ0n) is 11.5. The van der Waals surface area contributed by atoms with Crippen LogP contribution in [-0.4, -0.2) is 0 Å². The third-order valence-corrected chi connectivity index (χ3v) is 2.67. The van der Waals surface area contributed by atoms with Gasteiger partial charge in [0, 0.05) is 0 Å². The van der Waals surface area contributed by atoms with Gasteiger partial charge in [-0.25, -0.2) is 0 Å². The molecule has 0 aliphatic carbocycles. The van der Waals surface area contributed by atoms with Crippen LogP contribution in [0.4, 0.5) is 0 Å². The van der Waals surface area contributed by atoms with Crippen molar-refractivity contribution in [2.45, 2.75) is 64.7 Å². The Morgan fingerprint density at radius 3 is 2.29 bits per heavy atom. The monoisotopic (exact) mass is 233 g/mol. The minimum Gasteiger partial charge on any atom is -0.0882 e. The molecule has 17 heavy (non-hydrogen) atoms. The topological polar surface area (TPSA) is 0 Å². The predicted molar refractivity (Wildman–Crippen MR) is 80.0 cm³/mol. The van der Waals surface area contributed by atoms with Crippen LogP contribution in [0.25, 0.3) is 0 Å². The van der Waals surface area contributed by atoms with Crippen LogP contribution < -0.4 is 0 Å². The molecule has 0 aliphatic rings. The van der Waals surface area contributed by atoms with Crippen molar-refractivity contribution >= 4 is 0 Å². The van der Waals surface area contributed by atoms with Gasteiger partial charge in [0.1, 0.15) is 0 Å². The average molecular weight is 233 g/mol. The largest absolute Gasteiger partial charge is 0.0882 e. The summed E-state index contributed by atoms with van der Waals surface area (Å²) in [7, 11) is 0. The van der Waals surface area contributed by atoms with Gasteiger partial charge in [0.25, 0.3) is 0 Å². The second-order valence-electron chi connectivity index (χ2n) is 4.41. The van der Waals surface area contributed by atoms with Gasteiger partial charge in [-0.05, 0) is 25.7 Å². The molecular formula is C17H29. The molecule has 0 unspecified atom stereocenters. The van der Waals surface area contributed by atoms with E-state index in [0.29, 0.717) is 0 Å². The molecular weight excluding hydrogens is 204 g/mol. The van der Waals surface area contributed by atoms with E-state index in [4.69, 9.17) is 0 Å². The van der Waals surface area contributed by atoms with Gasteiger partial charge in [-0.2, -0.15) is 0 Å². The molecule has 0 aliphatic heterocycles. The lowest BCUT2D eigenvalue weighted by atomic mass is 10.1. The maximum atomic E-state index is 3.85. The molecule has 0 fully saturated rings. The highest BCUT2D eigenvalue weighted by molar-refractivity contribution is 5.04. The Bertz CT molecular complexity index is 208. The summed E-state index contributed by atoms with van der Waals surface area (Å²) in [5.74, 6) is 0. The molecule has 0 heteroatoms. The number of allylic oxidation sites excluding steroid dienone is 6. The average Bonchev–Trinajstić information content (AvgIpc) is 2.35. The van der Waals surface area contributed by atoms with E-state index in [0.717, 1.165) is 12.8 Å². The van der Waals surface area contributed by atoms with Crippen molar-refractivity contribution < 1.29 is 0 Å². The molecule has 0 bridgehead atoms. The fourth-order valence-corrected chi connectivity index (χ4v) is 1.56. The van der Waals surface area contributed by atoms with Gasteiger partial charge in [0.15, 0.2) is 0 Å². The molecule has 0 atom stereocenters. The van der Waals surface area contributed by atoms with E-state index in [-0.39, 0.29) is 0 Å². The summed E-state index contributed by atoms with van der Waals surface area (Å²) < 4.78 is 0. The van der Waals surface area contributed by atoms with Crippen LogP contribution in [-0.2, 0) is 0 Å². The molecule has 0 amide bonds. The lowest BCUT2D eigenvalue weighted by molar-refractivity contribution is 0.694. The van der Waals surface area contributed by atoms with Crippen LogP contribution in [0, 0.1) is 6.92 Å². The highest BCUT2D eigenvalue weighted by Crippen LogP contribution is 2.03. The summed E-state index contributed by atoms with van der Waals surface area (Å²) in [4.78, 5) is 0. The highest BCUT2D eigenvalue weighted by Gasteiger charge is 1.83. The van der Waals surface area contributed by atoms with E-state index in [2.05, 4.69) is 50.3 Å². The van der Waals surface area contributed by atoms with Crippen molar-refractivity contribution in [1.82, 2.24) is 0 Å². The van der Waals surface area contributed by atoms with Crippen molar-refractivity contribution in [2.24, 2.45) is 0 Å². The van der Waals surface area contributed by atoms with Crippen molar-refractivity contribution in [3.8, 4) is 0 Å². The van der Waals surface area contributed by atoms with Gasteiger partial charge >= 0.3 is 0 Å². The van der Waals surface area contributed by atoms with Gasteiger partial charge in [0.05, 0.1) is 0 Å². The second kappa shape index (κ2) is 15.2. The van der Waals surface area contributed by atoms with Crippen molar-refractivity contribution in [2.75, 3.05) is 0 Å². The molecule has 0 heterocycles. The molecule has 0 aromatic carbocycles. The van der Waals surface area contributed by atoms with Crippen LogP contribution in [0.2, 0.25) is 0 Å². The Labute approximate surface area is 109 Å². The maximum Gasteiger partial charge on any atom is -0.0166 e. The number of unbranched alkanes of at least 4 members (excludes halogenated alkanes) is 6. The van der Waals surface area contributed by atoms with Crippen LogP contribution in [0.3, 0.4) is 0 Å². The summed E-state index contributed by atoms with van der Waals surface area (Å²) in [6.07, 6.45) is 24.4. The van der Waals surface area contributed by atoms with Crippen LogP contribution in [0.5, 0.6) is 0 Å². The predicted octanol–water partition coefficient (Wildman–Crippen LogP) is 6.02. The van der Waals surface area contributed by atoms with Crippen LogP contribution in [0.1, 0.15) is 64.7 Å². The van der Waals surface area contributed by atoms with Crippen molar-refractivity contribution in [3.05, 3.63) is 43.4 Å². The first-order chi connectivity index (χ1) is 8.41. The van der Waals surface area contributed by atoms with E-state index >= 15 is 0 Å². The summed E-state index contributed by atoms with van der Waals surface area (Å²) in [6, 6.07) is 0. The second-order valence-corrected chi connectivity index (χ2v) is 4.41. The molecule has 0 spiro atoms. The minimum absolute atomic E-state index is 1.06. The molecule has 97 valence electrons. The number of rotatable bonds is 11. The molecule has 1 radical (unpaired) electrons. The molecule has 0 nitrogen and oxygen atoms in total. The molecule has 0 aromatic heterocycles. The lowest BCUT2D eigenvalue weighted by Crippen LogP contribution is -1.73. The van der Waals surface area contributed by atoms with E-state index in [9.17, 15) is 0 Å². The fraction of sp³-hybridized carbons (Fsp3) is 0.588. The Hall–Kier alpha value is -0.780. The van der Waals surface area contributed by atoms with Crippen LogP contribution in [0.15, 0.2) is 36.5 Å². The zero-order chi connectivity index (χ0) is 12.6. The number of hydrogen-bond acceptors (Lipinski definition) is 0. The fourth-order valence-electron chi connectivity index (χ4n) is 1.56. The Morgan fingerprint density at radius 2 is 1.53 bits per heavy atom. The Morgan fingerprint density at radius 1 is 0.765 bits per heavy atom. The third kappa shape index (κ3) is 15.2. The summed E-state index contributed by atoms with van der Waals surface area (Å²) in [5.41, 5.74) is 0. The Balaban J connectivity index is 3.27. The summed E-state index contributed by atoms with van der Waals surface area (Å²) in [6.45, 7) is 6.07. The maximum absolute atomic E-state index is 3.85. The minimum atomic E-state index is 1.06. The summed E-state index contributed by atoms with van der Waals surface area (Å²) >= 11 is 0. The SMILES string of the molecule is [CH2]CCCCC/C=C/C/C=C/C=C/CCCC. The van der Waals surface area contributed by atoms with Gasteiger partial charge in [-0.15, -0.1) is 0 Å². The molecule has 0 N–H and O–H groups in total. The molecule has 0 rings (SSSR count). The van der Waals surface area contributed by atoms with Crippen molar-refractivity contribution in [3.63, 3.8) is 0 Å². The highest BCUT2D eigenvalue weighted by atomic mass is 13.9. The quantitative estimate of drug-likeness (QED) is 0.232. The third-order valence-electron chi connectivity index (χ3n) is 2.67. The smallest absolute Gasteiger partial charge is 0.0166 e. The van der Waals surface area contributed by atoms with E-state index < -0.39 is 0 Å². The normalized spacial score (nSPS) is 12.4. The van der Waals surface area contributed by atoms with Gasteiger partial charge in [0.2, 0.25) is 0 Å². The van der Waals surface area contributed by atoms with Crippen LogP contribution >= 0.6 is 0 Å². The van der Waals surface area contributed by atoms with Gasteiger partial charge in [-0.3, -0.25) is 0 Å². The summed E-state index contributed by atoms with van der Waals surface area (Å²) in [5, 5.41) is 0. The lowest BCUT2D eigenvalue weighted by Gasteiger charge is -1.93. The van der Waals surface area contributed by atoms with E-state index in [1.165, 1.54) is 44.9 Å². The van der Waals surface area contributed by atoms with Gasteiger partial charge in [-0.1, -0.05) is 82.4 Å².